The van der Waals surface area contributed by atoms with Crippen molar-refractivity contribution in [3.63, 3.8) is 0 Å². The van der Waals surface area contributed by atoms with E-state index in [0.29, 0.717) is 0 Å². The third-order valence-corrected chi connectivity index (χ3v) is 8.44. The molecule has 1 N–H and O–H groups in total. The number of fused-ring (bicyclic) bond motifs is 5. The number of ketones is 2. The van der Waals surface area contributed by atoms with Crippen LogP contribution in [0.5, 0.6) is 0 Å². The molecule has 1 heterocycles. The molecule has 0 unspecified atom stereocenters. The van der Waals surface area contributed by atoms with E-state index < -0.39 is 0 Å². The van der Waals surface area contributed by atoms with E-state index in [1.165, 1.54) is 11.6 Å². The van der Waals surface area contributed by atoms with Crippen LogP contribution in [0.4, 0.5) is 0 Å². The van der Waals surface area contributed by atoms with Gasteiger partial charge in [0, 0.05) is 60.9 Å². The molecule has 1 aliphatic carbocycles. The van der Waals surface area contributed by atoms with Crippen LogP contribution in [0, 0.1) is 38.7 Å². The number of rotatable bonds is 8. The second-order valence-electron chi connectivity index (χ2n) is 11.3. The zero-order chi connectivity index (χ0) is 30.6. The maximum atomic E-state index is 13.0. The molecule has 0 fully saturated rings. The van der Waals surface area contributed by atoms with E-state index in [4.69, 9.17) is 0 Å². The zero-order valence-electron chi connectivity index (χ0n) is 26.3. The molecule has 0 aliphatic heterocycles. The number of carbonyl (C=O) groups excluding carboxylic acids is 2. The number of benzene rings is 3. The minimum atomic E-state index is 0. The molecule has 0 saturated heterocycles. The number of hydrogen-bond donors (Lipinski definition) is 1. The monoisotopic (exact) mass is 753 g/mol. The predicted octanol–water partition coefficient (Wildman–Crippen LogP) is 9.71. The van der Waals surface area contributed by atoms with Crippen LogP contribution >= 0.6 is 0 Å². The fourth-order valence-corrected chi connectivity index (χ4v) is 6.06. The zero-order valence-corrected chi connectivity index (χ0v) is 28.7. The average molecular weight is 753 g/mol. The molecule has 1 aromatic heterocycles. The normalized spacial score (nSPS) is 12.1. The molecule has 4 nitrogen and oxygen atoms in total. The summed E-state index contributed by atoms with van der Waals surface area (Å²) in [5.74, 6) is 0.669. The Morgan fingerprint density at radius 2 is 1.53 bits per heavy atom. The van der Waals surface area contributed by atoms with Crippen LogP contribution in [0.3, 0.4) is 0 Å². The van der Waals surface area contributed by atoms with E-state index in [1.54, 1.807) is 0 Å². The summed E-state index contributed by atoms with van der Waals surface area (Å²) in [6, 6.07) is 19.7. The number of aliphatic hydroxyl groups is 1. The number of aromatic nitrogens is 1. The van der Waals surface area contributed by atoms with Gasteiger partial charge in [0.1, 0.15) is 0 Å². The van der Waals surface area contributed by atoms with E-state index in [2.05, 4.69) is 43.1 Å². The molecular weight excluding hydrogens is 711 g/mol. The largest absolute Gasteiger partial charge is 0.512 e. The van der Waals surface area contributed by atoms with Crippen molar-refractivity contribution in [2.75, 3.05) is 0 Å². The van der Waals surface area contributed by atoms with Gasteiger partial charge in [-0.1, -0.05) is 71.9 Å². The van der Waals surface area contributed by atoms with Crippen LogP contribution in [0.1, 0.15) is 86.0 Å². The van der Waals surface area contributed by atoms with Crippen LogP contribution in [0.25, 0.3) is 33.2 Å². The Morgan fingerprint density at radius 3 is 2.16 bits per heavy atom. The molecule has 0 bridgehead atoms. The van der Waals surface area contributed by atoms with Gasteiger partial charge in [0.2, 0.25) is 0 Å². The Kier molecular flexibility index (Phi) is 11.8. The van der Waals surface area contributed by atoms with Crippen molar-refractivity contribution < 1.29 is 34.8 Å². The maximum Gasteiger partial charge on any atom is 0.194 e. The fourth-order valence-electron chi connectivity index (χ4n) is 6.06. The van der Waals surface area contributed by atoms with Gasteiger partial charge in [-0.3, -0.25) is 9.59 Å². The van der Waals surface area contributed by atoms with Gasteiger partial charge in [-0.2, -0.15) is 0 Å². The number of pyridine rings is 1. The fraction of sp³-hybridized carbons (Fsp3) is 0.342. The molecule has 5 rings (SSSR count). The van der Waals surface area contributed by atoms with Gasteiger partial charge in [-0.05, 0) is 66.3 Å². The van der Waals surface area contributed by atoms with Crippen LogP contribution in [0.2, 0.25) is 0 Å². The van der Waals surface area contributed by atoms with Crippen molar-refractivity contribution in [1.82, 2.24) is 4.98 Å². The van der Waals surface area contributed by atoms with Crippen molar-refractivity contribution in [3.05, 3.63) is 100 Å². The van der Waals surface area contributed by atoms with E-state index in [1.807, 2.05) is 71.1 Å². The molecule has 43 heavy (non-hydrogen) atoms. The summed E-state index contributed by atoms with van der Waals surface area (Å²) < 4.78 is 0. The molecule has 3 aromatic carbocycles. The maximum absolute atomic E-state index is 13.0. The SMILES string of the molecule is CCC(CC)C(=O)/C=C(\O)C(CC)CC.Cc1[c-]c(-c2nccc3c4c(ccc23)C(=O)c2c(C)cccc2-4)cc(C)c1.[Ir]. The number of nitrogens with zero attached hydrogens (tertiary/aromatic N) is 1. The van der Waals surface area contributed by atoms with Crippen LogP contribution in [0.15, 0.2) is 66.6 Å². The predicted molar refractivity (Wildman–Crippen MR) is 173 cm³/mol. The third-order valence-electron chi connectivity index (χ3n) is 8.44. The molecular formula is C38H42IrNO3-. The van der Waals surface area contributed by atoms with E-state index in [-0.39, 0.29) is 49.3 Å². The molecule has 1 aliphatic rings. The van der Waals surface area contributed by atoms with Gasteiger partial charge >= 0.3 is 0 Å². The van der Waals surface area contributed by atoms with Crippen molar-refractivity contribution in [1.29, 1.82) is 0 Å². The van der Waals surface area contributed by atoms with E-state index in [0.717, 1.165) is 81.1 Å². The average Bonchev–Trinajstić information content (AvgIpc) is 3.27. The molecule has 5 heteroatoms. The molecule has 0 atom stereocenters. The van der Waals surface area contributed by atoms with Crippen molar-refractivity contribution >= 4 is 22.3 Å². The molecule has 0 saturated carbocycles. The Balaban J connectivity index is 0.000000274. The van der Waals surface area contributed by atoms with E-state index in [9.17, 15) is 14.7 Å². The first-order chi connectivity index (χ1) is 20.1. The van der Waals surface area contributed by atoms with E-state index >= 15 is 0 Å². The van der Waals surface area contributed by atoms with Crippen LogP contribution in [-0.4, -0.2) is 21.7 Å². The standard InChI is InChI=1S/C25H18NO.C13H24O2.Ir/c1-14-11-15(2)13-17(12-14)24-19-7-8-21-23(18(19)9-10-26-24)20-6-4-5-16(3)22(20)25(21)27;1-5-10(6-2)12(14)9-13(15)11(7-3)8-4;/h4-12H,1-3H3;9-11,14H,5-8H2,1-4H3;/q-1;;/b;12-9-;. The quantitative estimate of drug-likeness (QED) is 0.0975. The second-order valence-corrected chi connectivity index (χ2v) is 11.3. The Bertz CT molecular complexity index is 1640. The first-order valence-corrected chi connectivity index (χ1v) is 15.2. The third kappa shape index (κ3) is 7.06. The minimum absolute atomic E-state index is 0. The second kappa shape index (κ2) is 14.9. The topological polar surface area (TPSA) is 67.3 Å². The molecule has 1 radical (unpaired) electrons. The minimum Gasteiger partial charge on any atom is -0.512 e. The van der Waals surface area contributed by atoms with Gasteiger partial charge in [-0.25, -0.2) is 0 Å². The summed E-state index contributed by atoms with van der Waals surface area (Å²) in [6.45, 7) is 14.2. The summed E-state index contributed by atoms with van der Waals surface area (Å²) in [7, 11) is 0. The Morgan fingerprint density at radius 1 is 0.860 bits per heavy atom. The summed E-state index contributed by atoms with van der Waals surface area (Å²) in [5, 5.41) is 11.9. The number of aryl methyl sites for hydroxylation is 3. The van der Waals surface area contributed by atoms with Gasteiger partial charge in [0.15, 0.2) is 11.6 Å². The summed E-state index contributed by atoms with van der Waals surface area (Å²) in [5.41, 5.74) is 8.90. The summed E-state index contributed by atoms with van der Waals surface area (Å²) >= 11 is 0. The summed E-state index contributed by atoms with van der Waals surface area (Å²) in [6.07, 6.45) is 6.74. The Labute approximate surface area is 270 Å². The number of hydrogen-bond acceptors (Lipinski definition) is 4. The van der Waals surface area contributed by atoms with Gasteiger partial charge < -0.3 is 10.1 Å². The van der Waals surface area contributed by atoms with Crippen LogP contribution in [-0.2, 0) is 24.9 Å². The van der Waals surface area contributed by atoms with Crippen molar-refractivity contribution in [2.45, 2.75) is 74.1 Å². The Hall–Kier alpha value is -3.40. The first-order valence-electron chi connectivity index (χ1n) is 15.2. The van der Waals surface area contributed by atoms with Gasteiger partial charge in [0.05, 0.1) is 5.76 Å². The van der Waals surface area contributed by atoms with Crippen molar-refractivity contribution in [3.8, 4) is 22.4 Å². The molecule has 0 amide bonds. The van der Waals surface area contributed by atoms with Crippen molar-refractivity contribution in [2.24, 2.45) is 11.8 Å². The van der Waals surface area contributed by atoms with Gasteiger partial charge in [0.25, 0.3) is 0 Å². The molecule has 4 aromatic rings. The smallest absolute Gasteiger partial charge is 0.194 e. The molecule has 0 spiro atoms. The summed E-state index contributed by atoms with van der Waals surface area (Å²) in [4.78, 5) is 29.4. The number of carbonyl (C=O) groups is 2. The number of aliphatic hydroxyl groups excluding tert-OH is 1. The van der Waals surface area contributed by atoms with Crippen LogP contribution < -0.4 is 0 Å². The molecule has 227 valence electrons. The van der Waals surface area contributed by atoms with Gasteiger partial charge in [-0.15, -0.1) is 34.9 Å². The number of allylic oxidation sites excluding steroid dienone is 2. The first kappa shape index (κ1) is 34.1.